The van der Waals surface area contributed by atoms with Gasteiger partial charge in [0.05, 0.1) is 15.9 Å². The third-order valence-corrected chi connectivity index (χ3v) is 3.82. The first kappa shape index (κ1) is 14.5. The highest BCUT2D eigenvalue weighted by atomic mass is 35.5. The van der Waals surface area contributed by atoms with E-state index in [0.29, 0.717) is 21.8 Å². The first-order valence-electron chi connectivity index (χ1n) is 6.98. The van der Waals surface area contributed by atoms with Crippen molar-refractivity contribution in [2.75, 3.05) is 0 Å². The summed E-state index contributed by atoms with van der Waals surface area (Å²) >= 11 is 6.33. The molecule has 110 valence electrons. The molecule has 2 aromatic carbocycles. The quantitative estimate of drug-likeness (QED) is 0.768. The third-order valence-electron chi connectivity index (χ3n) is 3.53. The third kappa shape index (κ3) is 2.81. The molecule has 0 saturated carbocycles. The van der Waals surface area contributed by atoms with Gasteiger partial charge in [-0.05, 0) is 37.1 Å². The van der Waals surface area contributed by atoms with Crippen LogP contribution in [0.3, 0.4) is 0 Å². The number of fused-ring (bicyclic) bond motifs is 1. The highest BCUT2D eigenvalue weighted by Crippen LogP contribution is 2.21. The molecule has 0 aliphatic carbocycles. The number of H-pyrrole nitrogens is 1. The minimum Gasteiger partial charge on any atom is -0.305 e. The molecule has 1 aromatic heterocycles. The number of aromatic nitrogens is 2. The minimum atomic E-state index is -0.181. The molecule has 1 heterocycles. The van der Waals surface area contributed by atoms with Crippen molar-refractivity contribution in [3.05, 3.63) is 75.3 Å². The van der Waals surface area contributed by atoms with Crippen LogP contribution < -0.4 is 5.56 Å². The minimum absolute atomic E-state index is 0.181. The number of rotatable bonds is 2. The van der Waals surface area contributed by atoms with Gasteiger partial charge in [-0.15, -0.1) is 0 Å². The molecule has 0 fully saturated rings. The molecule has 3 rings (SSSR count). The van der Waals surface area contributed by atoms with Crippen LogP contribution in [-0.2, 0) is 0 Å². The second-order valence-electron chi connectivity index (χ2n) is 5.29. The van der Waals surface area contributed by atoms with Gasteiger partial charge in [-0.25, -0.2) is 4.98 Å². The van der Waals surface area contributed by atoms with Crippen LogP contribution >= 0.6 is 11.6 Å². The van der Waals surface area contributed by atoms with Crippen LogP contribution in [0.1, 0.15) is 22.5 Å². The van der Waals surface area contributed by atoms with Crippen molar-refractivity contribution in [2.24, 2.45) is 0 Å². The number of benzene rings is 2. The van der Waals surface area contributed by atoms with E-state index >= 15 is 0 Å². The van der Waals surface area contributed by atoms with Gasteiger partial charge in [-0.2, -0.15) is 0 Å². The molecule has 0 unspecified atom stereocenters. The molecular formula is C18H15ClN2O. The van der Waals surface area contributed by atoms with Crippen LogP contribution in [-0.4, -0.2) is 9.97 Å². The molecule has 4 heteroatoms. The summed E-state index contributed by atoms with van der Waals surface area (Å²) in [6, 6.07) is 13.5. The Hall–Kier alpha value is -2.39. The molecule has 0 amide bonds. The summed E-state index contributed by atoms with van der Waals surface area (Å²) in [5.41, 5.74) is 3.59. The first-order chi connectivity index (χ1) is 10.5. The van der Waals surface area contributed by atoms with E-state index in [2.05, 4.69) is 9.97 Å². The molecule has 0 radical (unpaired) electrons. The summed E-state index contributed by atoms with van der Waals surface area (Å²) < 4.78 is 0. The Balaban J connectivity index is 2.11. The Bertz CT molecular complexity index is 924. The number of nitrogens with zero attached hydrogens (tertiary/aromatic N) is 1. The average Bonchev–Trinajstić information content (AvgIpc) is 2.50. The van der Waals surface area contributed by atoms with E-state index < -0.39 is 0 Å². The van der Waals surface area contributed by atoms with Crippen molar-refractivity contribution >= 4 is 33.6 Å². The van der Waals surface area contributed by atoms with Crippen molar-refractivity contribution in [1.82, 2.24) is 9.97 Å². The van der Waals surface area contributed by atoms with Crippen molar-refractivity contribution in [3.8, 4) is 0 Å². The fourth-order valence-corrected chi connectivity index (χ4v) is 2.51. The van der Waals surface area contributed by atoms with Crippen LogP contribution in [0, 0.1) is 13.8 Å². The lowest BCUT2D eigenvalue weighted by Crippen LogP contribution is -2.11. The molecule has 0 atom stereocenters. The molecule has 3 nitrogen and oxygen atoms in total. The SMILES string of the molecule is Cc1ccc(/C=C(\Cl)c2nc3c(C)cccc3c(=O)[nH]2)cc1. The monoisotopic (exact) mass is 310 g/mol. The smallest absolute Gasteiger partial charge is 0.259 e. The maximum atomic E-state index is 12.2. The van der Waals surface area contributed by atoms with Gasteiger partial charge in [0.2, 0.25) is 0 Å². The van der Waals surface area contributed by atoms with Crippen molar-refractivity contribution < 1.29 is 0 Å². The Kier molecular flexibility index (Phi) is 3.82. The summed E-state index contributed by atoms with van der Waals surface area (Å²) in [5.74, 6) is 0.383. The lowest BCUT2D eigenvalue weighted by Gasteiger charge is -2.04. The predicted octanol–water partition coefficient (Wildman–Crippen LogP) is 4.28. The van der Waals surface area contributed by atoms with Gasteiger partial charge in [0.15, 0.2) is 5.82 Å². The van der Waals surface area contributed by atoms with E-state index in [0.717, 1.165) is 11.1 Å². The topological polar surface area (TPSA) is 45.8 Å². The Morgan fingerprint density at radius 2 is 1.86 bits per heavy atom. The number of halogens is 1. The number of hydrogen-bond acceptors (Lipinski definition) is 2. The molecule has 0 saturated heterocycles. The maximum absolute atomic E-state index is 12.2. The van der Waals surface area contributed by atoms with Crippen LogP contribution in [0.5, 0.6) is 0 Å². The zero-order valence-corrected chi connectivity index (χ0v) is 13.1. The fourth-order valence-electron chi connectivity index (χ4n) is 2.30. The standard InChI is InChI=1S/C18H15ClN2O/c1-11-6-8-13(9-7-11)10-15(19)17-20-16-12(2)4-3-5-14(16)18(22)21-17/h3-10H,1-2H3,(H,20,21,22)/b15-10-. The zero-order valence-electron chi connectivity index (χ0n) is 12.4. The van der Waals surface area contributed by atoms with Crippen LogP contribution in [0.15, 0.2) is 47.3 Å². The molecule has 22 heavy (non-hydrogen) atoms. The van der Waals surface area contributed by atoms with E-state index in [1.165, 1.54) is 5.56 Å². The average molecular weight is 311 g/mol. The van der Waals surface area contributed by atoms with Crippen molar-refractivity contribution in [3.63, 3.8) is 0 Å². The van der Waals surface area contributed by atoms with Gasteiger partial charge >= 0.3 is 0 Å². The largest absolute Gasteiger partial charge is 0.305 e. The summed E-state index contributed by atoms with van der Waals surface area (Å²) in [5, 5.41) is 0.981. The lowest BCUT2D eigenvalue weighted by molar-refractivity contribution is 1.13. The number of nitrogens with one attached hydrogen (secondary N) is 1. The van der Waals surface area contributed by atoms with Crippen LogP contribution in [0.2, 0.25) is 0 Å². The van der Waals surface area contributed by atoms with Gasteiger partial charge < -0.3 is 4.98 Å². The van der Waals surface area contributed by atoms with E-state index in [9.17, 15) is 4.79 Å². The summed E-state index contributed by atoms with van der Waals surface area (Å²) in [6.45, 7) is 3.95. The molecular weight excluding hydrogens is 296 g/mol. The molecule has 0 bridgehead atoms. The van der Waals surface area contributed by atoms with Crippen LogP contribution in [0.25, 0.3) is 22.0 Å². The van der Waals surface area contributed by atoms with E-state index in [1.54, 1.807) is 12.1 Å². The number of hydrogen-bond donors (Lipinski definition) is 1. The highest BCUT2D eigenvalue weighted by molar-refractivity contribution is 6.50. The van der Waals surface area contributed by atoms with E-state index in [1.807, 2.05) is 50.2 Å². The van der Waals surface area contributed by atoms with Gasteiger partial charge in [0.25, 0.3) is 5.56 Å². The molecule has 0 aliphatic heterocycles. The number of aromatic amines is 1. The Labute approximate surface area is 133 Å². The van der Waals surface area contributed by atoms with Gasteiger partial charge in [-0.3, -0.25) is 4.79 Å². The van der Waals surface area contributed by atoms with E-state index in [4.69, 9.17) is 11.6 Å². The second-order valence-corrected chi connectivity index (χ2v) is 5.70. The Morgan fingerprint density at radius 3 is 2.59 bits per heavy atom. The molecule has 1 N–H and O–H groups in total. The summed E-state index contributed by atoms with van der Waals surface area (Å²) in [4.78, 5) is 19.4. The molecule has 3 aromatic rings. The fraction of sp³-hybridized carbons (Fsp3) is 0.111. The van der Waals surface area contributed by atoms with Crippen molar-refractivity contribution in [1.29, 1.82) is 0 Å². The van der Waals surface area contributed by atoms with Crippen molar-refractivity contribution in [2.45, 2.75) is 13.8 Å². The summed E-state index contributed by atoms with van der Waals surface area (Å²) in [6.07, 6.45) is 1.80. The molecule has 0 spiro atoms. The van der Waals surface area contributed by atoms with Crippen LogP contribution in [0.4, 0.5) is 0 Å². The lowest BCUT2D eigenvalue weighted by atomic mass is 10.1. The van der Waals surface area contributed by atoms with Gasteiger partial charge in [0, 0.05) is 0 Å². The first-order valence-corrected chi connectivity index (χ1v) is 7.36. The normalized spacial score (nSPS) is 11.9. The van der Waals surface area contributed by atoms with Gasteiger partial charge in [-0.1, -0.05) is 53.6 Å². The summed E-state index contributed by atoms with van der Waals surface area (Å²) in [7, 11) is 0. The predicted molar refractivity (Wildman–Crippen MR) is 92.0 cm³/mol. The van der Waals surface area contributed by atoms with E-state index in [-0.39, 0.29) is 5.56 Å². The molecule has 0 aliphatic rings. The second kappa shape index (κ2) is 5.78. The van der Waals surface area contributed by atoms with Gasteiger partial charge in [0.1, 0.15) is 0 Å². The number of aryl methyl sites for hydroxylation is 2. The Morgan fingerprint density at radius 1 is 1.14 bits per heavy atom. The highest BCUT2D eigenvalue weighted by Gasteiger charge is 2.08. The zero-order chi connectivity index (χ0) is 15.7. The number of para-hydroxylation sites is 1. The maximum Gasteiger partial charge on any atom is 0.259 e.